The van der Waals surface area contributed by atoms with Gasteiger partial charge in [-0.3, -0.25) is 20.2 Å². The van der Waals surface area contributed by atoms with Crippen molar-refractivity contribution in [2.24, 2.45) is 0 Å². The van der Waals surface area contributed by atoms with E-state index in [1.807, 2.05) is 209 Å². The fraction of sp³-hybridized carbons (Fsp3) is 0.160. The third kappa shape index (κ3) is 17.0. The molecule has 0 N–H and O–H groups in total. The van der Waals surface area contributed by atoms with Crippen LogP contribution in [-0.4, -0.2) is 73.6 Å². The Labute approximate surface area is 384 Å². The molecule has 16 heteroatoms. The van der Waals surface area contributed by atoms with E-state index in [-0.39, 0.29) is 11.8 Å². The molecule has 66 heavy (non-hydrogen) atoms. The number of hydrogen-bond donors (Lipinski definition) is 0. The molecule has 0 fully saturated rings. The zero-order chi connectivity index (χ0) is 48.3. The van der Waals surface area contributed by atoms with Crippen LogP contribution in [0.2, 0.25) is 0 Å². The summed E-state index contributed by atoms with van der Waals surface area (Å²) in [6, 6.07) is 38.5. The maximum atomic E-state index is 11.3. The fourth-order valence-corrected chi connectivity index (χ4v) is 5.87. The summed E-state index contributed by atoms with van der Waals surface area (Å²) in [5.74, 6) is 0.224. The van der Waals surface area contributed by atoms with Gasteiger partial charge in [0.25, 0.3) is 0 Å². The highest BCUT2D eigenvalue weighted by atomic mass is 19.1. The molecule has 14 nitrogen and oxygen atoms in total. The number of halogens is 1. The lowest BCUT2D eigenvalue weighted by molar-refractivity contribution is -0.403. The Kier molecular flexibility index (Phi) is 19.0. The van der Waals surface area contributed by atoms with Gasteiger partial charge in [0.1, 0.15) is 19.5 Å². The minimum absolute atomic E-state index is 0.298. The Bertz CT molecular complexity index is 2290. The van der Waals surface area contributed by atoms with Crippen molar-refractivity contribution < 1.29 is 33.0 Å². The highest BCUT2D eigenvalue weighted by Crippen LogP contribution is 2.24. The van der Waals surface area contributed by atoms with Crippen LogP contribution in [0.15, 0.2) is 130 Å². The van der Waals surface area contributed by atoms with Gasteiger partial charge >= 0.3 is 23.3 Å². The molecular weight excluding hydrogens is 842 g/mol. The van der Waals surface area contributed by atoms with Crippen molar-refractivity contribution in [3.8, 4) is 0 Å². The van der Waals surface area contributed by atoms with Gasteiger partial charge in [-0.2, -0.15) is 0 Å². The molecule has 0 bridgehead atoms. The van der Waals surface area contributed by atoms with E-state index in [0.717, 1.165) is 45.0 Å². The molecule has 0 spiro atoms. The maximum absolute atomic E-state index is 11.3. The molecule has 0 aliphatic heterocycles. The molecule has 2 heterocycles. The summed E-state index contributed by atoms with van der Waals surface area (Å²) < 4.78 is 20.7. The fourth-order valence-electron chi connectivity index (χ4n) is 5.87. The van der Waals surface area contributed by atoms with Gasteiger partial charge in [-0.25, -0.2) is 0 Å². The first-order chi connectivity index (χ1) is 31.4. The first-order valence-corrected chi connectivity index (χ1v) is 20.4. The zero-order valence-electron chi connectivity index (χ0n) is 38.1. The Morgan fingerprint density at radius 1 is 0.409 bits per heavy atom. The van der Waals surface area contributed by atoms with Gasteiger partial charge in [-0.15, -0.1) is 8.83 Å². The van der Waals surface area contributed by atoms with Gasteiger partial charge in [-0.1, -0.05) is 72.8 Å². The van der Waals surface area contributed by atoms with E-state index in [9.17, 15) is 24.5 Å². The van der Waals surface area contributed by atoms with Crippen LogP contribution in [0.3, 0.4) is 0 Å². The van der Waals surface area contributed by atoms with E-state index in [2.05, 4.69) is 0 Å². The molecule has 0 aliphatic carbocycles. The average Bonchev–Trinajstić information content (AvgIpc) is 3.29. The maximum Gasteiger partial charge on any atom is 0.651 e. The second-order valence-corrected chi connectivity index (χ2v) is 15.3. The highest BCUT2D eigenvalue weighted by molar-refractivity contribution is 6.27. The predicted octanol–water partition coefficient (Wildman–Crippen LogP) is 9.54. The van der Waals surface area contributed by atoms with Crippen molar-refractivity contribution >= 4 is 90.5 Å². The van der Waals surface area contributed by atoms with Crippen molar-refractivity contribution in [2.75, 3.05) is 76.0 Å². The topological polar surface area (TPSA) is 168 Å². The molecule has 4 aromatic carbocycles. The summed E-state index contributed by atoms with van der Waals surface area (Å²) in [6.07, 6.45) is 14.7. The predicted molar refractivity (Wildman–Crippen MR) is 265 cm³/mol. The van der Waals surface area contributed by atoms with Crippen LogP contribution in [0, 0.1) is 20.2 Å². The molecule has 0 aliphatic rings. The Morgan fingerprint density at radius 3 is 0.833 bits per heavy atom. The van der Waals surface area contributed by atoms with Crippen molar-refractivity contribution in [2.45, 2.75) is 0 Å². The summed E-state index contributed by atoms with van der Waals surface area (Å²) >= 11 is 0. The number of benzene rings is 4. The number of rotatable bonds is 14. The van der Waals surface area contributed by atoms with Crippen molar-refractivity contribution in [3.63, 3.8) is 0 Å². The average molecular weight is 895 g/mol. The molecule has 2 aromatic heterocycles. The standard InChI is InChI=1S/2C25H26N3O3.BFO2/c2*1-26(2)22-12-7-19(8-13-22)5-6-21-17-24(31-25(18-21)28(29)30)16-11-20-9-14-23(15-10-20)27(3)4;2-1(3)4/h2*5-18H,1-4H3;/q2*+1;-2/b2*6-5+,16-11+;. The summed E-state index contributed by atoms with van der Waals surface area (Å²) in [5, 5.41) is 39.2. The van der Waals surface area contributed by atoms with Crippen LogP contribution in [-0.2, 0) is 0 Å². The first-order valence-electron chi connectivity index (χ1n) is 20.4. The van der Waals surface area contributed by atoms with Crippen LogP contribution >= 0.6 is 0 Å². The minimum atomic E-state index is -3.17. The highest BCUT2D eigenvalue weighted by Gasteiger charge is 2.25. The summed E-state index contributed by atoms with van der Waals surface area (Å²) in [4.78, 5) is 29.7. The Morgan fingerprint density at radius 2 is 0.621 bits per heavy atom. The molecule has 0 unspecified atom stereocenters. The molecule has 6 rings (SSSR count). The van der Waals surface area contributed by atoms with Crippen molar-refractivity contribution in [1.29, 1.82) is 0 Å². The molecule has 6 aromatic rings. The lowest BCUT2D eigenvalue weighted by Gasteiger charge is -2.11. The third-order valence-corrected chi connectivity index (χ3v) is 9.46. The van der Waals surface area contributed by atoms with Gasteiger partial charge in [0, 0.05) is 102 Å². The number of anilines is 4. The van der Waals surface area contributed by atoms with Gasteiger partial charge in [0.15, 0.2) is 9.85 Å². The molecule has 0 atom stereocenters. The smallest absolute Gasteiger partial charge is 0.651 e. The van der Waals surface area contributed by atoms with Gasteiger partial charge < -0.3 is 34.0 Å². The third-order valence-electron chi connectivity index (χ3n) is 9.46. The molecule has 0 saturated heterocycles. The van der Waals surface area contributed by atoms with E-state index in [1.54, 1.807) is 24.3 Å². The lowest BCUT2D eigenvalue weighted by atomic mass is 10.1. The second kappa shape index (κ2) is 24.8. The first kappa shape index (κ1) is 50.7. The number of nitrogens with zero attached hydrogens (tertiary/aromatic N) is 6. The van der Waals surface area contributed by atoms with Gasteiger partial charge in [0.2, 0.25) is 0 Å². The summed E-state index contributed by atoms with van der Waals surface area (Å²) in [7, 11) is 12.7. The normalized spacial score (nSPS) is 11.0. The van der Waals surface area contributed by atoms with Crippen LogP contribution in [0.1, 0.15) is 44.9 Å². The van der Waals surface area contributed by atoms with Crippen LogP contribution < -0.4 is 29.6 Å². The van der Waals surface area contributed by atoms with Gasteiger partial charge in [-0.05, 0) is 82.9 Å². The van der Waals surface area contributed by atoms with Crippen LogP contribution in [0.5, 0.6) is 0 Å². The quantitative estimate of drug-likeness (QED) is 0.0440. The van der Waals surface area contributed by atoms with E-state index in [1.165, 1.54) is 12.1 Å². The largest absolute Gasteiger partial charge is 0.867 e. The molecule has 0 saturated carbocycles. The van der Waals surface area contributed by atoms with Crippen molar-refractivity contribution in [1.82, 2.24) is 0 Å². The molecule has 340 valence electrons. The molecule has 0 amide bonds. The summed E-state index contributed by atoms with van der Waals surface area (Å²) in [6.45, 7) is 0. The molecular formula is C50H52BFN6O8. The van der Waals surface area contributed by atoms with Crippen molar-refractivity contribution in [3.05, 3.63) is 186 Å². The lowest BCUT2D eigenvalue weighted by Crippen LogP contribution is -2.39. The Balaban J connectivity index is 0.000000267. The van der Waals surface area contributed by atoms with Crippen LogP contribution in [0.4, 0.5) is 38.8 Å². The van der Waals surface area contributed by atoms with E-state index in [4.69, 9.17) is 18.9 Å². The van der Waals surface area contributed by atoms with Gasteiger partial charge in [0.05, 0.1) is 12.1 Å². The second-order valence-electron chi connectivity index (χ2n) is 15.3. The Hall–Kier alpha value is -7.95. The summed E-state index contributed by atoms with van der Waals surface area (Å²) in [5.41, 5.74) is 9.77. The number of hydrogen-bond acceptors (Lipinski definition) is 10. The monoisotopic (exact) mass is 894 g/mol. The van der Waals surface area contributed by atoms with E-state index in [0.29, 0.717) is 22.6 Å². The minimum Gasteiger partial charge on any atom is -0.867 e. The van der Waals surface area contributed by atoms with E-state index >= 15 is 0 Å². The van der Waals surface area contributed by atoms with Crippen LogP contribution in [0.25, 0.3) is 48.6 Å². The van der Waals surface area contributed by atoms with E-state index < -0.39 is 17.2 Å². The molecule has 0 radical (unpaired) electrons. The zero-order valence-corrected chi connectivity index (χ0v) is 38.1. The SMILES string of the molecule is CN(C)c1ccc(/C=C/c2cc(/C=C/c3ccc(N(C)C)cc3)[o+]c([N+](=O)[O-])c2)cc1.CN(C)c1ccc(/C=C/c2cc(/C=C/c3ccc(N(C)C)cc3)[o+]c([N+](=O)[O-])c2)cc1.[O-]B([O-])F. The number of nitro groups is 2.